The van der Waals surface area contributed by atoms with Gasteiger partial charge in [0.15, 0.2) is 5.69 Å². The van der Waals surface area contributed by atoms with Crippen LogP contribution in [0.2, 0.25) is 0 Å². The van der Waals surface area contributed by atoms with Crippen molar-refractivity contribution in [2.24, 2.45) is 0 Å². The standard InChI is InChI=1S/C15H10N4O2/c1-9-4-3-5-10(6-9)14-13(15(20)21-2)11(7-16)18-12(8-17)19-14/h3-6H,1-2H3. The van der Waals surface area contributed by atoms with E-state index < -0.39 is 5.97 Å². The Kier molecular flexibility index (Phi) is 3.92. The summed E-state index contributed by atoms with van der Waals surface area (Å²) in [5.74, 6) is -0.886. The summed E-state index contributed by atoms with van der Waals surface area (Å²) < 4.78 is 4.69. The van der Waals surface area contributed by atoms with Crippen LogP contribution in [0.5, 0.6) is 0 Å². The first-order chi connectivity index (χ1) is 10.1. The molecule has 0 fully saturated rings. The number of benzene rings is 1. The maximum absolute atomic E-state index is 11.9. The highest BCUT2D eigenvalue weighted by Crippen LogP contribution is 2.25. The molecule has 0 N–H and O–H groups in total. The van der Waals surface area contributed by atoms with Crippen LogP contribution in [0, 0.1) is 29.6 Å². The monoisotopic (exact) mass is 278 g/mol. The summed E-state index contributed by atoms with van der Waals surface area (Å²) in [5, 5.41) is 18.1. The van der Waals surface area contributed by atoms with E-state index in [4.69, 9.17) is 15.3 Å². The van der Waals surface area contributed by atoms with Crippen molar-refractivity contribution < 1.29 is 9.53 Å². The summed E-state index contributed by atoms with van der Waals surface area (Å²) in [4.78, 5) is 19.7. The van der Waals surface area contributed by atoms with Crippen LogP contribution in [0.3, 0.4) is 0 Å². The van der Waals surface area contributed by atoms with E-state index in [1.807, 2.05) is 19.1 Å². The molecule has 0 atom stereocenters. The molecule has 0 aliphatic carbocycles. The predicted molar refractivity (Wildman–Crippen MR) is 73.0 cm³/mol. The van der Waals surface area contributed by atoms with Crippen LogP contribution in [0.1, 0.15) is 27.4 Å². The van der Waals surface area contributed by atoms with Crippen molar-refractivity contribution >= 4 is 5.97 Å². The van der Waals surface area contributed by atoms with Crippen molar-refractivity contribution in [2.75, 3.05) is 7.11 Å². The van der Waals surface area contributed by atoms with Crippen LogP contribution in [-0.4, -0.2) is 23.0 Å². The van der Waals surface area contributed by atoms with Gasteiger partial charge in [0.2, 0.25) is 5.82 Å². The number of ether oxygens (including phenoxy) is 1. The largest absolute Gasteiger partial charge is 0.465 e. The number of aryl methyl sites for hydroxylation is 1. The second kappa shape index (κ2) is 5.81. The molecule has 0 saturated carbocycles. The van der Waals surface area contributed by atoms with E-state index in [0.29, 0.717) is 5.56 Å². The molecular weight excluding hydrogens is 268 g/mol. The zero-order chi connectivity index (χ0) is 15.4. The summed E-state index contributed by atoms with van der Waals surface area (Å²) in [5.41, 5.74) is 1.58. The molecular formula is C15H10N4O2. The maximum Gasteiger partial charge on any atom is 0.343 e. The van der Waals surface area contributed by atoms with Gasteiger partial charge < -0.3 is 4.74 Å². The summed E-state index contributed by atoms with van der Waals surface area (Å²) in [6.45, 7) is 1.89. The number of carbonyl (C=O) groups is 1. The summed E-state index contributed by atoms with van der Waals surface area (Å²) in [7, 11) is 1.21. The van der Waals surface area contributed by atoms with Crippen molar-refractivity contribution in [1.29, 1.82) is 10.5 Å². The maximum atomic E-state index is 11.9. The van der Waals surface area contributed by atoms with Crippen molar-refractivity contribution in [2.45, 2.75) is 6.92 Å². The highest BCUT2D eigenvalue weighted by atomic mass is 16.5. The molecule has 0 aliphatic heterocycles. The van der Waals surface area contributed by atoms with E-state index in [1.165, 1.54) is 7.11 Å². The molecule has 2 aromatic rings. The fourth-order valence-electron chi connectivity index (χ4n) is 1.89. The van der Waals surface area contributed by atoms with Gasteiger partial charge in [0.1, 0.15) is 17.7 Å². The van der Waals surface area contributed by atoms with E-state index in [0.717, 1.165) is 5.56 Å². The minimum Gasteiger partial charge on any atom is -0.465 e. The lowest BCUT2D eigenvalue weighted by Gasteiger charge is -2.09. The highest BCUT2D eigenvalue weighted by molar-refractivity contribution is 5.98. The molecule has 6 nitrogen and oxygen atoms in total. The number of hydrogen-bond acceptors (Lipinski definition) is 6. The quantitative estimate of drug-likeness (QED) is 0.779. The number of aromatic nitrogens is 2. The van der Waals surface area contributed by atoms with Crippen LogP contribution >= 0.6 is 0 Å². The molecule has 1 heterocycles. The molecule has 1 aromatic heterocycles. The Bertz CT molecular complexity index is 800. The molecule has 0 amide bonds. The van der Waals surface area contributed by atoms with Gasteiger partial charge >= 0.3 is 5.97 Å². The Balaban J connectivity index is 2.83. The van der Waals surface area contributed by atoms with E-state index in [2.05, 4.69) is 9.97 Å². The highest BCUT2D eigenvalue weighted by Gasteiger charge is 2.22. The molecule has 1 aromatic carbocycles. The number of carbonyl (C=O) groups excluding carboxylic acids is 1. The van der Waals surface area contributed by atoms with Gasteiger partial charge in [0.25, 0.3) is 0 Å². The molecule has 0 unspecified atom stereocenters. The van der Waals surface area contributed by atoms with Crippen LogP contribution in [0.4, 0.5) is 0 Å². The van der Waals surface area contributed by atoms with Crippen molar-refractivity contribution in [3.05, 3.63) is 46.9 Å². The first kappa shape index (κ1) is 14.2. The topological polar surface area (TPSA) is 99.7 Å². The molecule has 102 valence electrons. The van der Waals surface area contributed by atoms with Gasteiger partial charge in [-0.1, -0.05) is 23.8 Å². The lowest BCUT2D eigenvalue weighted by atomic mass is 10.0. The van der Waals surface area contributed by atoms with Crippen LogP contribution < -0.4 is 0 Å². The molecule has 0 spiro atoms. The van der Waals surface area contributed by atoms with Crippen LogP contribution in [0.25, 0.3) is 11.3 Å². The zero-order valence-electron chi connectivity index (χ0n) is 11.4. The Morgan fingerprint density at radius 2 is 2.00 bits per heavy atom. The molecule has 21 heavy (non-hydrogen) atoms. The Morgan fingerprint density at radius 1 is 1.24 bits per heavy atom. The molecule has 0 radical (unpaired) electrons. The van der Waals surface area contributed by atoms with Crippen molar-refractivity contribution in [3.63, 3.8) is 0 Å². The molecule has 0 saturated heterocycles. The molecule has 0 bridgehead atoms. The van der Waals surface area contributed by atoms with E-state index in [9.17, 15) is 4.79 Å². The third kappa shape index (κ3) is 2.70. The average Bonchev–Trinajstić information content (AvgIpc) is 2.52. The van der Waals surface area contributed by atoms with E-state index >= 15 is 0 Å². The number of methoxy groups -OCH3 is 1. The van der Waals surface area contributed by atoms with Gasteiger partial charge in [-0.2, -0.15) is 10.5 Å². The zero-order valence-corrected chi connectivity index (χ0v) is 11.4. The first-order valence-electron chi connectivity index (χ1n) is 5.98. The predicted octanol–water partition coefficient (Wildman–Crippen LogP) is 1.98. The Morgan fingerprint density at radius 3 is 2.57 bits per heavy atom. The second-order valence-electron chi connectivity index (χ2n) is 4.20. The van der Waals surface area contributed by atoms with Crippen LogP contribution in [-0.2, 0) is 4.74 Å². The third-order valence-corrected chi connectivity index (χ3v) is 2.80. The normalized spacial score (nSPS) is 9.52. The van der Waals surface area contributed by atoms with Crippen molar-refractivity contribution in [1.82, 2.24) is 9.97 Å². The minimum atomic E-state index is -0.715. The fourth-order valence-corrected chi connectivity index (χ4v) is 1.89. The number of rotatable bonds is 2. The lowest BCUT2D eigenvalue weighted by Crippen LogP contribution is -2.11. The van der Waals surface area contributed by atoms with E-state index in [-0.39, 0.29) is 22.8 Å². The third-order valence-electron chi connectivity index (χ3n) is 2.80. The molecule has 2 rings (SSSR count). The van der Waals surface area contributed by atoms with Gasteiger partial charge in [0, 0.05) is 5.56 Å². The number of hydrogen-bond donors (Lipinski definition) is 0. The van der Waals surface area contributed by atoms with Gasteiger partial charge in [-0.25, -0.2) is 14.8 Å². The van der Waals surface area contributed by atoms with Gasteiger partial charge in [0.05, 0.1) is 12.8 Å². The first-order valence-corrected chi connectivity index (χ1v) is 5.98. The summed E-state index contributed by atoms with van der Waals surface area (Å²) in [6.07, 6.45) is 0. The van der Waals surface area contributed by atoms with Crippen LogP contribution in [0.15, 0.2) is 24.3 Å². The summed E-state index contributed by atoms with van der Waals surface area (Å²) in [6, 6.07) is 10.8. The van der Waals surface area contributed by atoms with E-state index in [1.54, 1.807) is 24.3 Å². The minimum absolute atomic E-state index is 0.0374. The Hall–Kier alpha value is -3.25. The Labute approximate surface area is 121 Å². The second-order valence-corrected chi connectivity index (χ2v) is 4.20. The van der Waals surface area contributed by atoms with Gasteiger partial charge in [-0.05, 0) is 13.0 Å². The smallest absolute Gasteiger partial charge is 0.343 e. The fraction of sp³-hybridized carbons (Fsp3) is 0.133. The number of esters is 1. The SMILES string of the molecule is COC(=O)c1c(C#N)nc(C#N)nc1-c1cccc(C)c1. The van der Waals surface area contributed by atoms with Crippen molar-refractivity contribution in [3.8, 4) is 23.4 Å². The average molecular weight is 278 g/mol. The van der Waals surface area contributed by atoms with Gasteiger partial charge in [-0.3, -0.25) is 0 Å². The number of nitriles is 2. The lowest BCUT2D eigenvalue weighted by molar-refractivity contribution is 0.0600. The molecule has 0 aliphatic rings. The number of nitrogens with zero attached hydrogens (tertiary/aromatic N) is 4. The molecule has 6 heteroatoms. The summed E-state index contributed by atoms with van der Waals surface area (Å²) >= 11 is 0. The van der Waals surface area contributed by atoms with Gasteiger partial charge in [-0.15, -0.1) is 0 Å².